The van der Waals surface area contributed by atoms with Crippen LogP contribution in [0.1, 0.15) is 25.8 Å². The van der Waals surface area contributed by atoms with Gasteiger partial charge in [-0.2, -0.15) is 0 Å². The van der Waals surface area contributed by atoms with Crippen LogP contribution in [0.3, 0.4) is 0 Å². The Bertz CT molecular complexity index is 466. The number of amides is 1. The van der Waals surface area contributed by atoms with Gasteiger partial charge in [-0.1, -0.05) is 13.0 Å². The van der Waals surface area contributed by atoms with E-state index in [1.165, 1.54) is 0 Å². The lowest BCUT2D eigenvalue weighted by Crippen LogP contribution is -2.23. The van der Waals surface area contributed by atoms with Crippen molar-refractivity contribution in [1.82, 2.24) is 5.32 Å². The molecule has 0 aliphatic carbocycles. The van der Waals surface area contributed by atoms with Crippen molar-refractivity contribution in [2.45, 2.75) is 26.8 Å². The molecule has 4 heteroatoms. The number of allylic oxidation sites excluding steroid dienone is 1. The molecule has 0 radical (unpaired) electrons. The Kier molecular flexibility index (Phi) is 5.93. The highest BCUT2D eigenvalue weighted by Gasteiger charge is 2.08. The Labute approximate surface area is 114 Å². The standard InChI is InChI=1S/C15H21NO3/c1-5-6-11(2)15(17)16-10-12-9-13(18-3)7-8-14(12)19-4/h6-9H,5,10H2,1-4H3,(H,16,17)/b11-6+. The van der Waals surface area contributed by atoms with Crippen molar-refractivity contribution in [3.63, 3.8) is 0 Å². The largest absolute Gasteiger partial charge is 0.497 e. The summed E-state index contributed by atoms with van der Waals surface area (Å²) < 4.78 is 10.4. The van der Waals surface area contributed by atoms with Crippen molar-refractivity contribution >= 4 is 5.91 Å². The van der Waals surface area contributed by atoms with Gasteiger partial charge in [-0.3, -0.25) is 4.79 Å². The molecule has 0 saturated carbocycles. The van der Waals surface area contributed by atoms with Crippen molar-refractivity contribution in [1.29, 1.82) is 0 Å². The first kappa shape index (κ1) is 15.1. The zero-order valence-corrected chi connectivity index (χ0v) is 11.9. The van der Waals surface area contributed by atoms with Gasteiger partial charge in [-0.15, -0.1) is 0 Å². The summed E-state index contributed by atoms with van der Waals surface area (Å²) in [7, 11) is 3.22. The van der Waals surface area contributed by atoms with E-state index in [9.17, 15) is 4.79 Å². The van der Waals surface area contributed by atoms with Crippen LogP contribution in [-0.4, -0.2) is 20.1 Å². The predicted octanol–water partition coefficient (Wildman–Crippen LogP) is 2.68. The minimum Gasteiger partial charge on any atom is -0.497 e. The number of hydrogen-bond acceptors (Lipinski definition) is 3. The molecule has 104 valence electrons. The monoisotopic (exact) mass is 263 g/mol. The molecule has 0 unspecified atom stereocenters. The van der Waals surface area contributed by atoms with Crippen molar-refractivity contribution in [3.05, 3.63) is 35.4 Å². The van der Waals surface area contributed by atoms with E-state index in [1.54, 1.807) is 14.2 Å². The van der Waals surface area contributed by atoms with E-state index in [2.05, 4.69) is 5.32 Å². The number of carbonyl (C=O) groups excluding carboxylic acids is 1. The lowest BCUT2D eigenvalue weighted by Gasteiger charge is -2.11. The number of nitrogens with one attached hydrogen (secondary N) is 1. The lowest BCUT2D eigenvalue weighted by molar-refractivity contribution is -0.117. The molecule has 0 atom stereocenters. The first-order chi connectivity index (χ1) is 9.12. The molecule has 0 aliphatic heterocycles. The molecule has 0 saturated heterocycles. The van der Waals surface area contributed by atoms with Gasteiger partial charge in [-0.05, 0) is 31.5 Å². The predicted molar refractivity (Wildman–Crippen MR) is 75.4 cm³/mol. The molecule has 1 N–H and O–H groups in total. The lowest BCUT2D eigenvalue weighted by atomic mass is 10.1. The number of ether oxygens (including phenoxy) is 2. The van der Waals surface area contributed by atoms with Crippen LogP contribution in [0.15, 0.2) is 29.8 Å². The van der Waals surface area contributed by atoms with E-state index in [1.807, 2.05) is 38.1 Å². The van der Waals surface area contributed by atoms with Gasteiger partial charge in [0.15, 0.2) is 0 Å². The first-order valence-electron chi connectivity index (χ1n) is 6.28. The Balaban J connectivity index is 2.76. The molecule has 4 nitrogen and oxygen atoms in total. The minimum absolute atomic E-state index is 0.0632. The maximum atomic E-state index is 11.8. The highest BCUT2D eigenvalue weighted by Crippen LogP contribution is 2.23. The number of benzene rings is 1. The zero-order chi connectivity index (χ0) is 14.3. The van der Waals surface area contributed by atoms with Crippen LogP contribution in [0.4, 0.5) is 0 Å². The molecule has 0 aromatic heterocycles. The summed E-state index contributed by atoms with van der Waals surface area (Å²) in [5.41, 5.74) is 1.61. The van der Waals surface area contributed by atoms with E-state index in [0.29, 0.717) is 6.54 Å². The molecule has 0 bridgehead atoms. The van der Waals surface area contributed by atoms with Crippen LogP contribution >= 0.6 is 0 Å². The fourth-order valence-corrected chi connectivity index (χ4v) is 1.73. The van der Waals surface area contributed by atoms with E-state index in [0.717, 1.165) is 29.1 Å². The van der Waals surface area contributed by atoms with Crippen molar-refractivity contribution in [3.8, 4) is 11.5 Å². The van der Waals surface area contributed by atoms with Gasteiger partial charge in [0.2, 0.25) is 5.91 Å². The molecule has 1 aromatic carbocycles. The summed E-state index contributed by atoms with van der Waals surface area (Å²) in [6, 6.07) is 5.51. The SMILES string of the molecule is CC/C=C(\C)C(=O)NCc1cc(OC)ccc1OC. The van der Waals surface area contributed by atoms with Crippen LogP contribution in [0.5, 0.6) is 11.5 Å². The summed E-state index contributed by atoms with van der Waals surface area (Å²) in [4.78, 5) is 11.8. The molecule has 0 aliphatic rings. The highest BCUT2D eigenvalue weighted by molar-refractivity contribution is 5.92. The van der Waals surface area contributed by atoms with Crippen LogP contribution in [0, 0.1) is 0 Å². The Morgan fingerprint density at radius 1 is 1.32 bits per heavy atom. The maximum absolute atomic E-state index is 11.8. The van der Waals surface area contributed by atoms with Crippen LogP contribution < -0.4 is 14.8 Å². The summed E-state index contributed by atoms with van der Waals surface area (Å²) in [5.74, 6) is 1.41. The Morgan fingerprint density at radius 2 is 2.05 bits per heavy atom. The van der Waals surface area contributed by atoms with Gasteiger partial charge in [0.1, 0.15) is 11.5 Å². The van der Waals surface area contributed by atoms with Crippen LogP contribution in [0.25, 0.3) is 0 Å². The minimum atomic E-state index is -0.0632. The smallest absolute Gasteiger partial charge is 0.246 e. The molecule has 19 heavy (non-hydrogen) atoms. The molecular weight excluding hydrogens is 242 g/mol. The first-order valence-corrected chi connectivity index (χ1v) is 6.28. The van der Waals surface area contributed by atoms with E-state index < -0.39 is 0 Å². The third kappa shape index (κ3) is 4.32. The van der Waals surface area contributed by atoms with Crippen molar-refractivity contribution < 1.29 is 14.3 Å². The number of hydrogen-bond donors (Lipinski definition) is 1. The summed E-state index contributed by atoms with van der Waals surface area (Å²) >= 11 is 0. The quantitative estimate of drug-likeness (QED) is 0.803. The second-order valence-electron chi connectivity index (χ2n) is 4.16. The van der Waals surface area contributed by atoms with E-state index in [4.69, 9.17) is 9.47 Å². The normalized spacial score (nSPS) is 11.1. The number of carbonyl (C=O) groups is 1. The average Bonchev–Trinajstić information content (AvgIpc) is 2.44. The zero-order valence-electron chi connectivity index (χ0n) is 11.9. The molecular formula is C15H21NO3. The average molecular weight is 263 g/mol. The van der Waals surface area contributed by atoms with E-state index in [-0.39, 0.29) is 5.91 Å². The third-order valence-electron chi connectivity index (χ3n) is 2.80. The van der Waals surface area contributed by atoms with Crippen LogP contribution in [-0.2, 0) is 11.3 Å². The molecule has 0 fully saturated rings. The number of rotatable bonds is 6. The summed E-state index contributed by atoms with van der Waals surface area (Å²) in [6.07, 6.45) is 2.75. The fourth-order valence-electron chi connectivity index (χ4n) is 1.73. The molecule has 1 rings (SSSR count). The van der Waals surface area contributed by atoms with Crippen molar-refractivity contribution in [2.24, 2.45) is 0 Å². The van der Waals surface area contributed by atoms with E-state index >= 15 is 0 Å². The van der Waals surface area contributed by atoms with Gasteiger partial charge in [0.05, 0.1) is 14.2 Å². The Morgan fingerprint density at radius 3 is 2.63 bits per heavy atom. The topological polar surface area (TPSA) is 47.6 Å². The van der Waals surface area contributed by atoms with Gasteiger partial charge >= 0.3 is 0 Å². The highest BCUT2D eigenvalue weighted by atomic mass is 16.5. The summed E-state index contributed by atoms with van der Waals surface area (Å²) in [6.45, 7) is 4.22. The molecule has 0 heterocycles. The maximum Gasteiger partial charge on any atom is 0.246 e. The van der Waals surface area contributed by atoms with Gasteiger partial charge in [0.25, 0.3) is 0 Å². The Hall–Kier alpha value is -1.97. The molecule has 1 amide bonds. The molecule has 0 spiro atoms. The fraction of sp³-hybridized carbons (Fsp3) is 0.400. The molecule has 1 aromatic rings. The second-order valence-corrected chi connectivity index (χ2v) is 4.16. The second kappa shape index (κ2) is 7.46. The summed E-state index contributed by atoms with van der Waals surface area (Å²) in [5, 5.41) is 2.87. The van der Waals surface area contributed by atoms with Crippen molar-refractivity contribution in [2.75, 3.05) is 14.2 Å². The van der Waals surface area contributed by atoms with Gasteiger partial charge in [0, 0.05) is 17.7 Å². The number of methoxy groups -OCH3 is 2. The van der Waals surface area contributed by atoms with Crippen LogP contribution in [0.2, 0.25) is 0 Å². The third-order valence-corrected chi connectivity index (χ3v) is 2.80. The van der Waals surface area contributed by atoms with Gasteiger partial charge in [-0.25, -0.2) is 0 Å². The van der Waals surface area contributed by atoms with Gasteiger partial charge < -0.3 is 14.8 Å².